The number of fused-ring (bicyclic) bond motifs is 1. The first-order chi connectivity index (χ1) is 9.27. The highest BCUT2D eigenvalue weighted by molar-refractivity contribution is 5.49. The molecular weight excluding hydrogens is 242 g/mol. The largest absolute Gasteiger partial charge is 0.376 e. The average molecular weight is 255 g/mol. The second-order valence-electron chi connectivity index (χ2n) is 4.58. The van der Waals surface area contributed by atoms with Crippen molar-refractivity contribution in [3.63, 3.8) is 0 Å². The highest BCUT2D eigenvalue weighted by Gasteiger charge is 2.27. The molecule has 2 aromatic carbocycles. The first-order valence-electron chi connectivity index (χ1n) is 6.16. The zero-order valence-corrected chi connectivity index (χ0v) is 10.3. The Labute approximate surface area is 110 Å². The lowest BCUT2D eigenvalue weighted by Gasteiger charge is -2.25. The first-order valence-corrected chi connectivity index (χ1v) is 6.16. The molecule has 1 aliphatic heterocycles. The summed E-state index contributed by atoms with van der Waals surface area (Å²) in [4.78, 5) is 10.8. The summed E-state index contributed by atoms with van der Waals surface area (Å²) < 4.78 is 5.58. The summed E-state index contributed by atoms with van der Waals surface area (Å²) in [6, 6.07) is 14.9. The van der Waals surface area contributed by atoms with Crippen molar-refractivity contribution in [2.75, 3.05) is 6.61 Å². The molecule has 19 heavy (non-hydrogen) atoms. The fourth-order valence-corrected chi connectivity index (χ4v) is 2.59. The minimum Gasteiger partial charge on any atom is -0.376 e. The van der Waals surface area contributed by atoms with Gasteiger partial charge in [-0.15, -0.1) is 0 Å². The Morgan fingerprint density at radius 1 is 1.05 bits per heavy atom. The smallest absolute Gasteiger partial charge is 0.273 e. The van der Waals surface area contributed by atoms with Gasteiger partial charge in [-0.3, -0.25) is 10.1 Å². The molecule has 1 atom stereocenters. The fourth-order valence-electron chi connectivity index (χ4n) is 2.59. The molecular formula is C15H13NO3. The third-order valence-electron chi connectivity index (χ3n) is 3.48. The van der Waals surface area contributed by atoms with E-state index in [9.17, 15) is 10.1 Å². The minimum atomic E-state index is -0.327. The number of hydrogen-bond acceptors (Lipinski definition) is 3. The van der Waals surface area contributed by atoms with Gasteiger partial charge in [0.2, 0.25) is 0 Å². The summed E-state index contributed by atoms with van der Waals surface area (Å²) in [5.74, 6) is -0.0634. The number of hydrogen-bond donors (Lipinski definition) is 0. The molecule has 3 rings (SSSR count). The van der Waals surface area contributed by atoms with E-state index < -0.39 is 0 Å². The Balaban J connectivity index is 2.12. The number of nitrogens with zero attached hydrogens (tertiary/aromatic N) is 1. The number of rotatable bonds is 2. The van der Waals surface area contributed by atoms with Crippen LogP contribution in [-0.4, -0.2) is 11.5 Å². The van der Waals surface area contributed by atoms with Crippen molar-refractivity contribution in [1.82, 2.24) is 0 Å². The number of nitro benzene ring substituents is 1. The molecule has 0 fully saturated rings. The van der Waals surface area contributed by atoms with Gasteiger partial charge in [0, 0.05) is 17.5 Å². The maximum absolute atomic E-state index is 11.1. The van der Waals surface area contributed by atoms with E-state index in [-0.39, 0.29) is 16.5 Å². The zero-order valence-electron chi connectivity index (χ0n) is 10.3. The quantitative estimate of drug-likeness (QED) is 0.611. The lowest BCUT2D eigenvalue weighted by Crippen LogP contribution is -2.18. The van der Waals surface area contributed by atoms with E-state index in [0.717, 1.165) is 16.7 Å². The van der Waals surface area contributed by atoms with Crippen LogP contribution >= 0.6 is 0 Å². The van der Waals surface area contributed by atoms with Crippen molar-refractivity contribution in [3.05, 3.63) is 75.3 Å². The molecule has 0 N–H and O–H groups in total. The molecule has 0 saturated carbocycles. The molecule has 4 heteroatoms. The Bertz CT molecular complexity index is 624. The van der Waals surface area contributed by atoms with Crippen LogP contribution in [0.25, 0.3) is 0 Å². The minimum absolute atomic E-state index is 0.0634. The maximum Gasteiger partial charge on any atom is 0.273 e. The first kappa shape index (κ1) is 11.9. The van der Waals surface area contributed by atoms with Gasteiger partial charge in [-0.1, -0.05) is 42.5 Å². The van der Waals surface area contributed by atoms with Crippen LogP contribution in [0, 0.1) is 10.1 Å². The van der Waals surface area contributed by atoms with E-state index in [1.165, 1.54) is 0 Å². The third-order valence-corrected chi connectivity index (χ3v) is 3.48. The van der Waals surface area contributed by atoms with Gasteiger partial charge in [0.1, 0.15) is 0 Å². The van der Waals surface area contributed by atoms with Gasteiger partial charge in [-0.05, 0) is 11.1 Å². The van der Waals surface area contributed by atoms with E-state index >= 15 is 0 Å². The predicted octanol–water partition coefficient (Wildman–Crippen LogP) is 3.26. The van der Waals surface area contributed by atoms with Crippen LogP contribution in [-0.2, 0) is 11.3 Å². The summed E-state index contributed by atoms with van der Waals surface area (Å²) in [5.41, 5.74) is 3.12. The molecule has 1 unspecified atom stereocenters. The standard InChI is InChI=1S/C15H13NO3/c17-16(18)15-8-4-3-7-13(15)14-10-19-9-11-5-1-2-6-12(11)14/h1-8,14H,9-10H2. The van der Waals surface area contributed by atoms with Crippen molar-refractivity contribution >= 4 is 5.69 Å². The van der Waals surface area contributed by atoms with Crippen LogP contribution in [0.3, 0.4) is 0 Å². The zero-order chi connectivity index (χ0) is 13.2. The number of ether oxygens (including phenoxy) is 1. The predicted molar refractivity (Wildman–Crippen MR) is 71.0 cm³/mol. The second-order valence-corrected chi connectivity index (χ2v) is 4.58. The van der Waals surface area contributed by atoms with Gasteiger partial charge >= 0.3 is 0 Å². The normalized spacial score (nSPS) is 17.8. The van der Waals surface area contributed by atoms with Crippen molar-refractivity contribution in [2.45, 2.75) is 12.5 Å². The fraction of sp³-hybridized carbons (Fsp3) is 0.200. The van der Waals surface area contributed by atoms with Gasteiger partial charge in [-0.25, -0.2) is 0 Å². The maximum atomic E-state index is 11.1. The highest BCUT2D eigenvalue weighted by atomic mass is 16.6. The molecule has 96 valence electrons. The van der Waals surface area contributed by atoms with Crippen molar-refractivity contribution in [3.8, 4) is 0 Å². The van der Waals surface area contributed by atoms with Crippen LogP contribution in [0.15, 0.2) is 48.5 Å². The van der Waals surface area contributed by atoms with Gasteiger partial charge in [-0.2, -0.15) is 0 Å². The van der Waals surface area contributed by atoms with Crippen LogP contribution in [0.4, 0.5) is 5.69 Å². The number of benzene rings is 2. The highest BCUT2D eigenvalue weighted by Crippen LogP contribution is 2.36. The molecule has 0 aromatic heterocycles. The van der Waals surface area contributed by atoms with E-state index in [4.69, 9.17) is 4.74 Å². The van der Waals surface area contributed by atoms with Gasteiger partial charge in [0.05, 0.1) is 18.1 Å². The number of nitro groups is 1. The molecule has 1 heterocycles. The summed E-state index contributed by atoms with van der Waals surface area (Å²) in [6.07, 6.45) is 0. The average Bonchev–Trinajstić information content (AvgIpc) is 2.46. The van der Waals surface area contributed by atoms with Gasteiger partial charge in [0.25, 0.3) is 5.69 Å². The van der Waals surface area contributed by atoms with E-state index in [1.54, 1.807) is 12.1 Å². The van der Waals surface area contributed by atoms with Gasteiger partial charge < -0.3 is 4.74 Å². The molecule has 0 amide bonds. The molecule has 2 aromatic rings. The molecule has 1 aliphatic rings. The Kier molecular flexibility index (Phi) is 3.01. The molecule has 0 radical (unpaired) electrons. The lowest BCUT2D eigenvalue weighted by molar-refractivity contribution is -0.385. The lowest BCUT2D eigenvalue weighted by atomic mass is 9.86. The Morgan fingerprint density at radius 3 is 2.53 bits per heavy atom. The molecule has 0 spiro atoms. The van der Waals surface area contributed by atoms with Crippen LogP contribution in [0.5, 0.6) is 0 Å². The summed E-state index contributed by atoms with van der Waals surface area (Å²) >= 11 is 0. The molecule has 0 saturated heterocycles. The van der Waals surface area contributed by atoms with Gasteiger partial charge in [0.15, 0.2) is 0 Å². The number of para-hydroxylation sites is 1. The second kappa shape index (κ2) is 4.82. The van der Waals surface area contributed by atoms with E-state index in [0.29, 0.717) is 13.2 Å². The van der Waals surface area contributed by atoms with Crippen molar-refractivity contribution in [2.24, 2.45) is 0 Å². The topological polar surface area (TPSA) is 52.4 Å². The Hall–Kier alpha value is -2.20. The van der Waals surface area contributed by atoms with Crippen LogP contribution in [0.1, 0.15) is 22.6 Å². The summed E-state index contributed by atoms with van der Waals surface area (Å²) in [7, 11) is 0. The third kappa shape index (κ3) is 2.11. The monoisotopic (exact) mass is 255 g/mol. The summed E-state index contributed by atoms with van der Waals surface area (Å²) in [5, 5.41) is 11.1. The van der Waals surface area contributed by atoms with E-state index in [1.807, 2.05) is 36.4 Å². The van der Waals surface area contributed by atoms with E-state index in [2.05, 4.69) is 0 Å². The van der Waals surface area contributed by atoms with Crippen LogP contribution in [0.2, 0.25) is 0 Å². The van der Waals surface area contributed by atoms with Crippen molar-refractivity contribution in [1.29, 1.82) is 0 Å². The molecule has 0 bridgehead atoms. The molecule has 4 nitrogen and oxygen atoms in total. The van der Waals surface area contributed by atoms with Crippen LogP contribution < -0.4 is 0 Å². The molecule has 0 aliphatic carbocycles. The SMILES string of the molecule is O=[N+]([O-])c1ccccc1C1COCc2ccccc21. The summed E-state index contributed by atoms with van der Waals surface area (Å²) in [6.45, 7) is 1.06. The Morgan fingerprint density at radius 2 is 1.74 bits per heavy atom. The van der Waals surface area contributed by atoms with Crippen molar-refractivity contribution < 1.29 is 9.66 Å².